The Bertz CT molecular complexity index is 539. The first kappa shape index (κ1) is 13.6. The molecule has 0 bridgehead atoms. The second-order valence-corrected chi connectivity index (χ2v) is 4.69. The average Bonchev–Trinajstić information content (AvgIpc) is 2.78. The molecule has 1 aliphatic rings. The van der Waals surface area contributed by atoms with Crippen LogP contribution in [0.5, 0.6) is 0 Å². The number of rotatable bonds is 3. The Hall–Kier alpha value is -1.80. The number of ether oxygens (including phenoxy) is 1. The summed E-state index contributed by atoms with van der Waals surface area (Å²) in [5.74, 6) is -3.34. The van der Waals surface area contributed by atoms with Crippen LogP contribution in [0, 0.1) is 28.9 Å². The van der Waals surface area contributed by atoms with Gasteiger partial charge in [0.15, 0.2) is 5.78 Å². The normalized spacial score (nSPS) is 23.9. The maximum absolute atomic E-state index is 13.6. The molecule has 0 aromatic heterocycles. The van der Waals surface area contributed by atoms with Crippen molar-refractivity contribution in [1.82, 2.24) is 0 Å². The third-order valence-electron chi connectivity index (χ3n) is 3.35. The first-order valence-electron chi connectivity index (χ1n) is 6.04. The van der Waals surface area contributed by atoms with Crippen molar-refractivity contribution in [2.45, 2.75) is 25.4 Å². The minimum Gasteiger partial charge on any atom is -0.370 e. The predicted octanol–water partition coefficient (Wildman–Crippen LogP) is 2.57. The summed E-state index contributed by atoms with van der Waals surface area (Å²) in [4.78, 5) is 12.2. The lowest BCUT2D eigenvalue weighted by Crippen LogP contribution is -2.30. The first-order valence-corrected chi connectivity index (χ1v) is 6.04. The van der Waals surface area contributed by atoms with Crippen molar-refractivity contribution in [1.29, 1.82) is 5.26 Å². The standard InChI is InChI=1S/C14H13F2NO2/c1-8-4-5-19-14(8)13(18)11(7-17)10-3-2-9(15)6-12(10)16/h2-3,6,8,11,14H,4-5H2,1H3. The number of hydrogen-bond donors (Lipinski definition) is 0. The zero-order valence-corrected chi connectivity index (χ0v) is 10.4. The van der Waals surface area contributed by atoms with E-state index in [-0.39, 0.29) is 11.5 Å². The summed E-state index contributed by atoms with van der Waals surface area (Å²) in [7, 11) is 0. The smallest absolute Gasteiger partial charge is 0.183 e. The highest BCUT2D eigenvalue weighted by molar-refractivity contribution is 5.92. The highest BCUT2D eigenvalue weighted by atomic mass is 19.1. The third kappa shape index (κ3) is 2.64. The number of nitriles is 1. The molecule has 3 unspecified atom stereocenters. The molecule has 3 atom stereocenters. The zero-order valence-electron chi connectivity index (χ0n) is 10.4. The minimum absolute atomic E-state index is 0.00635. The number of carbonyl (C=O) groups is 1. The fourth-order valence-corrected chi connectivity index (χ4v) is 2.25. The average molecular weight is 265 g/mol. The van der Waals surface area contributed by atoms with Crippen molar-refractivity contribution in [3.63, 3.8) is 0 Å². The Morgan fingerprint density at radius 1 is 1.53 bits per heavy atom. The van der Waals surface area contributed by atoms with Crippen molar-refractivity contribution in [2.75, 3.05) is 6.61 Å². The number of carbonyl (C=O) groups excluding carboxylic acids is 1. The largest absolute Gasteiger partial charge is 0.370 e. The van der Waals surface area contributed by atoms with Gasteiger partial charge in [-0.2, -0.15) is 5.26 Å². The van der Waals surface area contributed by atoms with Crippen LogP contribution in [-0.4, -0.2) is 18.5 Å². The lowest BCUT2D eigenvalue weighted by molar-refractivity contribution is -0.129. The van der Waals surface area contributed by atoms with E-state index in [0.29, 0.717) is 12.7 Å². The number of Topliss-reactive ketones (excluding diaryl/α,β-unsaturated/α-hetero) is 1. The Labute approximate surface area is 109 Å². The van der Waals surface area contributed by atoms with Crippen LogP contribution in [0.1, 0.15) is 24.8 Å². The molecule has 100 valence electrons. The molecule has 1 fully saturated rings. The fourth-order valence-electron chi connectivity index (χ4n) is 2.25. The van der Waals surface area contributed by atoms with E-state index in [2.05, 4.69) is 0 Å². The maximum Gasteiger partial charge on any atom is 0.183 e. The van der Waals surface area contributed by atoms with E-state index in [9.17, 15) is 13.6 Å². The van der Waals surface area contributed by atoms with Crippen molar-refractivity contribution in [2.24, 2.45) is 5.92 Å². The highest BCUT2D eigenvalue weighted by Crippen LogP contribution is 2.28. The summed E-state index contributed by atoms with van der Waals surface area (Å²) in [6.45, 7) is 2.31. The third-order valence-corrected chi connectivity index (χ3v) is 3.35. The first-order chi connectivity index (χ1) is 9.04. The van der Waals surface area contributed by atoms with E-state index in [1.807, 2.05) is 6.92 Å². The van der Waals surface area contributed by atoms with E-state index in [1.54, 1.807) is 6.07 Å². The van der Waals surface area contributed by atoms with Gasteiger partial charge in [-0.25, -0.2) is 8.78 Å². The van der Waals surface area contributed by atoms with Gasteiger partial charge in [0.2, 0.25) is 0 Å². The van der Waals surface area contributed by atoms with Crippen molar-refractivity contribution in [3.05, 3.63) is 35.4 Å². The van der Waals surface area contributed by atoms with Gasteiger partial charge in [-0.15, -0.1) is 0 Å². The number of nitrogens with zero attached hydrogens (tertiary/aromatic N) is 1. The molecule has 1 heterocycles. The predicted molar refractivity (Wildman–Crippen MR) is 63.2 cm³/mol. The molecule has 2 rings (SSSR count). The van der Waals surface area contributed by atoms with Crippen LogP contribution < -0.4 is 0 Å². The lowest BCUT2D eigenvalue weighted by Gasteiger charge is -2.17. The van der Waals surface area contributed by atoms with Crippen molar-refractivity contribution >= 4 is 5.78 Å². The molecule has 5 heteroatoms. The molecule has 19 heavy (non-hydrogen) atoms. The van der Waals surface area contributed by atoms with Gasteiger partial charge in [-0.05, 0) is 18.4 Å². The monoisotopic (exact) mass is 265 g/mol. The molecule has 1 aliphatic heterocycles. The molecular formula is C14H13F2NO2. The number of halogens is 2. The topological polar surface area (TPSA) is 50.1 Å². The molecule has 1 aromatic carbocycles. The van der Waals surface area contributed by atoms with Crippen LogP contribution in [0.15, 0.2) is 18.2 Å². The van der Waals surface area contributed by atoms with Gasteiger partial charge in [0.25, 0.3) is 0 Å². The van der Waals surface area contributed by atoms with E-state index in [4.69, 9.17) is 10.00 Å². The van der Waals surface area contributed by atoms with Gasteiger partial charge in [0.05, 0.1) is 6.07 Å². The molecular weight excluding hydrogens is 252 g/mol. The molecule has 0 N–H and O–H groups in total. The summed E-state index contributed by atoms with van der Waals surface area (Å²) in [5, 5.41) is 9.10. The second kappa shape index (κ2) is 5.45. The number of hydrogen-bond acceptors (Lipinski definition) is 3. The van der Waals surface area contributed by atoms with Gasteiger partial charge < -0.3 is 4.74 Å². The summed E-state index contributed by atoms with van der Waals surface area (Å²) in [6, 6.07) is 4.63. The number of ketones is 1. The second-order valence-electron chi connectivity index (χ2n) is 4.69. The molecule has 0 radical (unpaired) electrons. The van der Waals surface area contributed by atoms with Crippen LogP contribution >= 0.6 is 0 Å². The molecule has 0 spiro atoms. The van der Waals surface area contributed by atoms with Crippen LogP contribution in [0.25, 0.3) is 0 Å². The molecule has 1 saturated heterocycles. The van der Waals surface area contributed by atoms with Gasteiger partial charge in [-0.3, -0.25) is 4.79 Å². The van der Waals surface area contributed by atoms with Crippen LogP contribution in [0.2, 0.25) is 0 Å². The SMILES string of the molecule is CC1CCOC1C(=O)C(C#N)c1ccc(F)cc1F. The fraction of sp³-hybridized carbons (Fsp3) is 0.429. The summed E-state index contributed by atoms with van der Waals surface area (Å²) in [5.41, 5.74) is -0.100. The molecule has 0 aliphatic carbocycles. The van der Waals surface area contributed by atoms with E-state index < -0.39 is 29.4 Å². The van der Waals surface area contributed by atoms with Crippen LogP contribution in [0.3, 0.4) is 0 Å². The number of benzene rings is 1. The summed E-state index contributed by atoms with van der Waals surface area (Å²) in [6.07, 6.45) is 0.0505. The Morgan fingerprint density at radius 3 is 2.79 bits per heavy atom. The molecule has 0 amide bonds. The van der Waals surface area contributed by atoms with Crippen molar-refractivity contribution < 1.29 is 18.3 Å². The highest BCUT2D eigenvalue weighted by Gasteiger charge is 2.37. The van der Waals surface area contributed by atoms with Gasteiger partial charge in [0, 0.05) is 18.2 Å². The van der Waals surface area contributed by atoms with Gasteiger partial charge in [-0.1, -0.05) is 13.0 Å². The quantitative estimate of drug-likeness (QED) is 0.844. The van der Waals surface area contributed by atoms with E-state index >= 15 is 0 Å². The summed E-state index contributed by atoms with van der Waals surface area (Å²) < 4.78 is 31.8. The zero-order chi connectivity index (χ0) is 14.0. The lowest BCUT2D eigenvalue weighted by atomic mass is 9.88. The minimum atomic E-state index is -1.26. The Kier molecular flexibility index (Phi) is 3.91. The van der Waals surface area contributed by atoms with Crippen molar-refractivity contribution in [3.8, 4) is 6.07 Å². The molecule has 1 aromatic rings. The molecule has 3 nitrogen and oxygen atoms in total. The van der Waals surface area contributed by atoms with E-state index in [1.165, 1.54) is 0 Å². The summed E-state index contributed by atoms with van der Waals surface area (Å²) >= 11 is 0. The van der Waals surface area contributed by atoms with Gasteiger partial charge >= 0.3 is 0 Å². The van der Waals surface area contributed by atoms with Gasteiger partial charge in [0.1, 0.15) is 23.7 Å². The van der Waals surface area contributed by atoms with Crippen LogP contribution in [-0.2, 0) is 9.53 Å². The Morgan fingerprint density at radius 2 is 2.26 bits per heavy atom. The Balaban J connectivity index is 2.29. The van der Waals surface area contributed by atoms with E-state index in [0.717, 1.165) is 18.6 Å². The molecule has 0 saturated carbocycles. The van der Waals surface area contributed by atoms with Crippen LogP contribution in [0.4, 0.5) is 8.78 Å². The maximum atomic E-state index is 13.6.